The van der Waals surface area contributed by atoms with E-state index in [-0.39, 0.29) is 5.92 Å². The number of morpholine rings is 1. The van der Waals surface area contributed by atoms with Gasteiger partial charge in [-0.05, 0) is 48.2 Å². The lowest BCUT2D eigenvalue weighted by Crippen LogP contribution is -2.37. The third-order valence-corrected chi connectivity index (χ3v) is 6.57. The lowest BCUT2D eigenvalue weighted by Gasteiger charge is -2.26. The summed E-state index contributed by atoms with van der Waals surface area (Å²) in [5, 5.41) is 9.74. The van der Waals surface area contributed by atoms with E-state index < -0.39 is 0 Å². The van der Waals surface area contributed by atoms with Crippen molar-refractivity contribution in [1.29, 1.82) is 0 Å². The largest absolute Gasteiger partial charge is 0.379 e. The van der Waals surface area contributed by atoms with E-state index in [2.05, 4.69) is 81.1 Å². The van der Waals surface area contributed by atoms with Gasteiger partial charge < -0.3 is 4.74 Å². The second-order valence-electron chi connectivity index (χ2n) is 9.54. The van der Waals surface area contributed by atoms with Gasteiger partial charge in [0.1, 0.15) is 0 Å². The van der Waals surface area contributed by atoms with Crippen molar-refractivity contribution in [1.82, 2.24) is 19.4 Å². The molecule has 3 aromatic rings. The highest BCUT2D eigenvalue weighted by Crippen LogP contribution is 2.24. The minimum Gasteiger partial charge on any atom is -0.379 e. The summed E-state index contributed by atoms with van der Waals surface area (Å²) in [5.74, 6) is 1.54. The van der Waals surface area contributed by atoms with Gasteiger partial charge in [-0.1, -0.05) is 74.9 Å². The van der Waals surface area contributed by atoms with Gasteiger partial charge in [0.25, 0.3) is 0 Å². The molecule has 1 aliphatic heterocycles. The van der Waals surface area contributed by atoms with Crippen molar-refractivity contribution < 1.29 is 4.74 Å². The molecule has 0 aliphatic carbocycles. The molecule has 0 N–H and O–H groups in total. The number of ether oxygens (including phenoxy) is 1. The van der Waals surface area contributed by atoms with Gasteiger partial charge in [-0.25, -0.2) is 4.68 Å². The van der Waals surface area contributed by atoms with Crippen LogP contribution in [0.25, 0.3) is 0 Å². The molecule has 0 amide bonds. The molecule has 0 bridgehead atoms. The summed E-state index contributed by atoms with van der Waals surface area (Å²) in [4.78, 5) is 2.31. The second-order valence-corrected chi connectivity index (χ2v) is 9.91. The third-order valence-electron chi connectivity index (χ3n) is 6.19. The summed E-state index contributed by atoms with van der Waals surface area (Å²) < 4.78 is 9.82. The van der Waals surface area contributed by atoms with Gasteiger partial charge >= 0.3 is 0 Å². The van der Waals surface area contributed by atoms with Crippen LogP contribution in [0.4, 0.5) is 0 Å². The summed E-state index contributed by atoms with van der Waals surface area (Å²) in [7, 11) is 0. The van der Waals surface area contributed by atoms with Crippen LogP contribution >= 0.6 is 12.2 Å². The van der Waals surface area contributed by atoms with E-state index in [0.29, 0.717) is 17.4 Å². The molecule has 0 spiro atoms. The van der Waals surface area contributed by atoms with Gasteiger partial charge in [-0.15, -0.1) is 0 Å². The first kappa shape index (κ1) is 24.5. The maximum atomic E-state index is 5.85. The molecule has 1 aliphatic rings. The molecular formula is C27H35N5OS. The molecule has 1 fully saturated rings. The fourth-order valence-electron chi connectivity index (χ4n) is 4.16. The van der Waals surface area contributed by atoms with Crippen molar-refractivity contribution in [3.8, 4) is 0 Å². The first-order valence-electron chi connectivity index (χ1n) is 12.1. The van der Waals surface area contributed by atoms with Crippen molar-refractivity contribution in [2.75, 3.05) is 26.3 Å². The number of aryl methyl sites for hydroxylation is 1. The molecule has 2 aromatic carbocycles. The Balaban J connectivity index is 1.66. The SMILES string of the molecule is Cc1ccc(/C=N/n2c(C(C)c3ccc(CC(C)C)cc3)nn(CN3CCOCC3)c2=S)cc1. The van der Waals surface area contributed by atoms with Gasteiger partial charge in [0, 0.05) is 19.0 Å². The fourth-order valence-corrected chi connectivity index (χ4v) is 4.40. The normalized spacial score (nSPS) is 15.9. The van der Waals surface area contributed by atoms with Crippen LogP contribution < -0.4 is 0 Å². The molecule has 7 heteroatoms. The lowest BCUT2D eigenvalue weighted by molar-refractivity contribution is 0.0209. The molecular weight excluding hydrogens is 442 g/mol. The average Bonchev–Trinajstić information content (AvgIpc) is 3.14. The minimum absolute atomic E-state index is 0.0518. The molecule has 0 radical (unpaired) electrons. The Labute approximate surface area is 207 Å². The molecule has 34 heavy (non-hydrogen) atoms. The Hall–Kier alpha value is -2.61. The Morgan fingerprint density at radius 1 is 1.03 bits per heavy atom. The van der Waals surface area contributed by atoms with E-state index in [1.54, 1.807) is 0 Å². The van der Waals surface area contributed by atoms with Crippen LogP contribution in [0.2, 0.25) is 0 Å². The van der Waals surface area contributed by atoms with E-state index >= 15 is 0 Å². The van der Waals surface area contributed by atoms with Crippen LogP contribution in [0.3, 0.4) is 0 Å². The van der Waals surface area contributed by atoms with Crippen molar-refractivity contribution in [3.05, 3.63) is 81.4 Å². The Morgan fingerprint density at radius 3 is 2.35 bits per heavy atom. The van der Waals surface area contributed by atoms with Crippen molar-refractivity contribution >= 4 is 18.4 Å². The van der Waals surface area contributed by atoms with Crippen molar-refractivity contribution in [3.63, 3.8) is 0 Å². The summed E-state index contributed by atoms with van der Waals surface area (Å²) in [5.41, 5.74) is 4.82. The van der Waals surface area contributed by atoms with Gasteiger partial charge in [-0.2, -0.15) is 14.9 Å². The molecule has 0 saturated carbocycles. The predicted octanol–water partition coefficient (Wildman–Crippen LogP) is 5.24. The van der Waals surface area contributed by atoms with Gasteiger partial charge in [0.05, 0.1) is 26.1 Å². The van der Waals surface area contributed by atoms with Crippen LogP contribution in [0.15, 0.2) is 53.6 Å². The van der Waals surface area contributed by atoms with Crippen molar-refractivity contribution in [2.45, 2.75) is 46.7 Å². The van der Waals surface area contributed by atoms with E-state index in [9.17, 15) is 0 Å². The zero-order chi connectivity index (χ0) is 24.1. The van der Waals surface area contributed by atoms with E-state index in [4.69, 9.17) is 27.2 Å². The van der Waals surface area contributed by atoms with Crippen LogP contribution in [0.5, 0.6) is 0 Å². The number of rotatable bonds is 8. The molecule has 6 nitrogen and oxygen atoms in total. The molecule has 1 aromatic heterocycles. The standard InChI is InChI=1S/C27H35N5OS/c1-20(2)17-23-9-11-25(12-10-23)22(4)26-29-31(19-30-13-15-33-16-14-30)27(34)32(26)28-18-24-7-5-21(3)6-8-24/h5-12,18,20,22H,13-17,19H2,1-4H3/b28-18+. The lowest BCUT2D eigenvalue weighted by atomic mass is 9.96. The Bertz CT molecular complexity index is 1160. The molecule has 4 rings (SSSR count). The second kappa shape index (κ2) is 11.2. The fraction of sp³-hybridized carbons (Fsp3) is 0.444. The number of hydrogen-bond donors (Lipinski definition) is 0. The zero-order valence-corrected chi connectivity index (χ0v) is 21.5. The first-order valence-corrected chi connectivity index (χ1v) is 12.5. The number of aromatic nitrogens is 3. The van der Waals surface area contributed by atoms with Crippen LogP contribution in [-0.4, -0.2) is 51.9 Å². The Kier molecular flexibility index (Phi) is 8.08. The summed E-state index contributed by atoms with van der Waals surface area (Å²) >= 11 is 5.85. The molecule has 1 atom stereocenters. The van der Waals surface area contributed by atoms with Gasteiger partial charge in [-0.3, -0.25) is 4.90 Å². The van der Waals surface area contributed by atoms with Crippen LogP contribution in [0, 0.1) is 17.6 Å². The monoisotopic (exact) mass is 477 g/mol. The highest BCUT2D eigenvalue weighted by molar-refractivity contribution is 7.71. The van der Waals surface area contributed by atoms with Crippen LogP contribution in [0.1, 0.15) is 54.8 Å². The van der Waals surface area contributed by atoms with Crippen LogP contribution in [-0.2, 0) is 17.8 Å². The molecule has 2 heterocycles. The van der Waals surface area contributed by atoms with E-state index in [1.165, 1.54) is 16.7 Å². The highest BCUT2D eigenvalue weighted by Gasteiger charge is 2.20. The third kappa shape index (κ3) is 6.09. The van der Waals surface area contributed by atoms with Gasteiger partial charge in [0.2, 0.25) is 4.77 Å². The highest BCUT2D eigenvalue weighted by atomic mass is 32.1. The molecule has 180 valence electrons. The zero-order valence-electron chi connectivity index (χ0n) is 20.6. The molecule has 1 unspecified atom stereocenters. The smallest absolute Gasteiger partial charge is 0.220 e. The maximum Gasteiger partial charge on any atom is 0.220 e. The number of benzene rings is 2. The van der Waals surface area contributed by atoms with E-state index in [1.807, 2.05) is 15.6 Å². The average molecular weight is 478 g/mol. The Morgan fingerprint density at radius 2 is 1.71 bits per heavy atom. The minimum atomic E-state index is 0.0518. The maximum absolute atomic E-state index is 5.85. The molecule has 1 saturated heterocycles. The first-order chi connectivity index (χ1) is 16.4. The quantitative estimate of drug-likeness (QED) is 0.329. The number of hydrogen-bond acceptors (Lipinski definition) is 5. The summed E-state index contributed by atoms with van der Waals surface area (Å²) in [6.07, 6.45) is 2.94. The van der Waals surface area contributed by atoms with E-state index in [0.717, 1.165) is 44.1 Å². The van der Waals surface area contributed by atoms with Crippen molar-refractivity contribution in [2.24, 2.45) is 11.0 Å². The predicted molar refractivity (Wildman–Crippen MR) is 140 cm³/mol. The summed E-state index contributed by atoms with van der Waals surface area (Å²) in [6, 6.07) is 17.2. The summed E-state index contributed by atoms with van der Waals surface area (Å²) in [6.45, 7) is 12.6. The number of nitrogens with zero attached hydrogens (tertiary/aromatic N) is 5. The topological polar surface area (TPSA) is 47.6 Å². The van der Waals surface area contributed by atoms with Gasteiger partial charge in [0.15, 0.2) is 5.82 Å².